The second kappa shape index (κ2) is 8.23. The van der Waals surface area contributed by atoms with Crippen molar-refractivity contribution in [3.63, 3.8) is 0 Å². The molecule has 0 rings (SSSR count). The number of carbonyl (C=O) groups excluding carboxylic acids is 3. The van der Waals surface area contributed by atoms with Crippen molar-refractivity contribution in [1.82, 2.24) is 16.0 Å². The van der Waals surface area contributed by atoms with E-state index in [0.717, 1.165) is 0 Å². The van der Waals surface area contributed by atoms with Gasteiger partial charge in [-0.25, -0.2) is 4.79 Å². The van der Waals surface area contributed by atoms with Crippen molar-refractivity contribution in [3.8, 4) is 0 Å². The summed E-state index contributed by atoms with van der Waals surface area (Å²) in [5, 5.41) is 15.6. The molecule has 8 heteroatoms. The topological polar surface area (TPSA) is 125 Å². The van der Waals surface area contributed by atoms with E-state index in [2.05, 4.69) is 16.0 Å². The van der Waals surface area contributed by atoms with Gasteiger partial charge in [0.15, 0.2) is 0 Å². The Kier molecular flexibility index (Phi) is 7.40. The van der Waals surface area contributed by atoms with Crippen molar-refractivity contribution in [1.29, 1.82) is 0 Å². The van der Waals surface area contributed by atoms with Crippen LogP contribution in [0.4, 0.5) is 4.79 Å². The first kappa shape index (κ1) is 18.9. The first-order chi connectivity index (χ1) is 9.57. The normalized spacial score (nSPS) is 12.2. The van der Waals surface area contributed by atoms with Crippen molar-refractivity contribution in [2.45, 2.75) is 46.6 Å². The molecule has 0 bridgehead atoms. The van der Waals surface area contributed by atoms with E-state index in [-0.39, 0.29) is 18.7 Å². The van der Waals surface area contributed by atoms with Crippen LogP contribution < -0.4 is 16.0 Å². The molecule has 0 fully saturated rings. The van der Waals surface area contributed by atoms with Crippen LogP contribution in [0.2, 0.25) is 0 Å². The summed E-state index contributed by atoms with van der Waals surface area (Å²) in [4.78, 5) is 45.3. The molecule has 4 amide bonds. The lowest BCUT2D eigenvalue weighted by Gasteiger charge is -2.21. The van der Waals surface area contributed by atoms with E-state index in [1.165, 1.54) is 6.92 Å². The number of hydrogen-bond donors (Lipinski definition) is 4. The number of aliphatic carboxylic acids is 1. The van der Waals surface area contributed by atoms with Crippen molar-refractivity contribution in [3.05, 3.63) is 0 Å². The predicted octanol–water partition coefficient (Wildman–Crippen LogP) is 0.228. The van der Waals surface area contributed by atoms with E-state index >= 15 is 0 Å². The summed E-state index contributed by atoms with van der Waals surface area (Å²) in [5.74, 6) is -1.96. The van der Waals surface area contributed by atoms with Gasteiger partial charge in [0.2, 0.25) is 11.8 Å². The van der Waals surface area contributed by atoms with Crippen LogP contribution in [0.15, 0.2) is 0 Å². The van der Waals surface area contributed by atoms with E-state index in [0.29, 0.717) is 6.54 Å². The zero-order valence-electron chi connectivity index (χ0n) is 12.8. The largest absolute Gasteiger partial charge is 0.481 e. The first-order valence-electron chi connectivity index (χ1n) is 6.67. The molecular formula is C13H23N3O5. The predicted molar refractivity (Wildman–Crippen MR) is 75.5 cm³/mol. The summed E-state index contributed by atoms with van der Waals surface area (Å²) in [5.41, 5.74) is -0.763. The lowest BCUT2D eigenvalue weighted by atomic mass is 9.85. The van der Waals surface area contributed by atoms with Crippen molar-refractivity contribution >= 4 is 23.8 Å². The van der Waals surface area contributed by atoms with Crippen LogP contribution in [0.25, 0.3) is 0 Å². The van der Waals surface area contributed by atoms with E-state index in [4.69, 9.17) is 5.11 Å². The van der Waals surface area contributed by atoms with Crippen LogP contribution in [0.5, 0.6) is 0 Å². The molecule has 0 aliphatic rings. The summed E-state index contributed by atoms with van der Waals surface area (Å²) in [7, 11) is 0. The molecule has 0 aromatic heterocycles. The number of carboxylic acids is 1. The standard InChI is InChI=1S/C13H23N3O5/c1-5-14-11(20)8(2)15-12(21)16-9(17)6-13(3,4)7-10(18)19/h8H,5-7H2,1-4H3,(H,14,20)(H,18,19)(H2,15,16,17,21). The molecule has 4 N–H and O–H groups in total. The lowest BCUT2D eigenvalue weighted by molar-refractivity contribution is -0.139. The Bertz CT molecular complexity index is 420. The molecule has 0 saturated heterocycles. The van der Waals surface area contributed by atoms with Crippen LogP contribution in [0, 0.1) is 5.41 Å². The van der Waals surface area contributed by atoms with Gasteiger partial charge in [-0.05, 0) is 19.3 Å². The lowest BCUT2D eigenvalue weighted by Crippen LogP contribution is -2.50. The third-order valence-corrected chi connectivity index (χ3v) is 2.61. The summed E-state index contributed by atoms with van der Waals surface area (Å²) < 4.78 is 0. The molecule has 0 saturated carbocycles. The second-order valence-corrected chi connectivity index (χ2v) is 5.55. The Morgan fingerprint density at radius 1 is 1.14 bits per heavy atom. The fraction of sp³-hybridized carbons (Fsp3) is 0.692. The Hall–Kier alpha value is -2.12. The highest BCUT2D eigenvalue weighted by Gasteiger charge is 2.26. The van der Waals surface area contributed by atoms with Crippen LogP contribution in [0.1, 0.15) is 40.5 Å². The Labute approximate surface area is 123 Å². The molecule has 0 spiro atoms. The minimum Gasteiger partial charge on any atom is -0.481 e. The average Bonchev–Trinajstić information content (AvgIpc) is 2.25. The van der Waals surface area contributed by atoms with Gasteiger partial charge in [0.25, 0.3) is 0 Å². The zero-order valence-corrected chi connectivity index (χ0v) is 12.8. The van der Waals surface area contributed by atoms with Gasteiger partial charge < -0.3 is 15.7 Å². The average molecular weight is 301 g/mol. The maximum atomic E-state index is 11.7. The quantitative estimate of drug-likeness (QED) is 0.535. The third-order valence-electron chi connectivity index (χ3n) is 2.61. The molecule has 0 aromatic rings. The minimum atomic E-state index is -1.01. The van der Waals surface area contributed by atoms with Crippen LogP contribution in [-0.2, 0) is 14.4 Å². The summed E-state index contributed by atoms with van der Waals surface area (Å²) in [6.07, 6.45) is -0.292. The number of hydrogen-bond acceptors (Lipinski definition) is 4. The van der Waals surface area contributed by atoms with Gasteiger partial charge in [0, 0.05) is 13.0 Å². The molecule has 0 heterocycles. The highest BCUT2D eigenvalue weighted by Crippen LogP contribution is 2.24. The Morgan fingerprint density at radius 2 is 1.71 bits per heavy atom. The van der Waals surface area contributed by atoms with E-state index in [1.54, 1.807) is 20.8 Å². The monoisotopic (exact) mass is 301 g/mol. The Morgan fingerprint density at radius 3 is 2.19 bits per heavy atom. The molecule has 1 unspecified atom stereocenters. The fourth-order valence-corrected chi connectivity index (χ4v) is 1.70. The van der Waals surface area contributed by atoms with Gasteiger partial charge in [0.1, 0.15) is 6.04 Å². The molecule has 0 aliphatic heterocycles. The highest BCUT2D eigenvalue weighted by atomic mass is 16.4. The number of carboxylic acid groups (broad SMARTS) is 1. The summed E-state index contributed by atoms with van der Waals surface area (Å²) in [6.45, 7) is 6.92. The van der Waals surface area contributed by atoms with Crippen molar-refractivity contribution in [2.24, 2.45) is 5.41 Å². The zero-order chi connectivity index (χ0) is 16.6. The number of nitrogens with one attached hydrogen (secondary N) is 3. The van der Waals surface area contributed by atoms with Crippen LogP contribution in [-0.4, -0.2) is 41.5 Å². The molecule has 0 aliphatic carbocycles. The smallest absolute Gasteiger partial charge is 0.322 e. The number of imide groups is 1. The van der Waals surface area contributed by atoms with Gasteiger partial charge in [-0.2, -0.15) is 0 Å². The SMILES string of the molecule is CCNC(=O)C(C)NC(=O)NC(=O)CC(C)(C)CC(=O)O. The van der Waals surface area contributed by atoms with Crippen molar-refractivity contribution < 1.29 is 24.3 Å². The number of amides is 4. The van der Waals surface area contributed by atoms with E-state index in [9.17, 15) is 19.2 Å². The number of rotatable bonds is 7. The molecule has 21 heavy (non-hydrogen) atoms. The van der Waals surface area contributed by atoms with Crippen LogP contribution in [0.3, 0.4) is 0 Å². The molecular weight excluding hydrogens is 278 g/mol. The third kappa shape index (κ3) is 8.61. The number of carbonyl (C=O) groups is 4. The van der Waals surface area contributed by atoms with E-state index < -0.39 is 29.4 Å². The minimum absolute atomic E-state index is 0.109. The van der Waals surface area contributed by atoms with Crippen molar-refractivity contribution in [2.75, 3.05) is 6.54 Å². The maximum absolute atomic E-state index is 11.7. The molecule has 0 radical (unpaired) electrons. The molecule has 1 atom stereocenters. The summed E-state index contributed by atoms with van der Waals surface area (Å²) >= 11 is 0. The molecule has 8 nitrogen and oxygen atoms in total. The van der Waals surface area contributed by atoms with Gasteiger partial charge in [0.05, 0.1) is 6.42 Å². The second-order valence-electron chi connectivity index (χ2n) is 5.55. The van der Waals surface area contributed by atoms with Gasteiger partial charge in [-0.3, -0.25) is 19.7 Å². The molecule has 0 aromatic carbocycles. The maximum Gasteiger partial charge on any atom is 0.322 e. The van der Waals surface area contributed by atoms with E-state index in [1.807, 2.05) is 0 Å². The van der Waals surface area contributed by atoms with Gasteiger partial charge >= 0.3 is 12.0 Å². The number of urea groups is 1. The highest BCUT2D eigenvalue weighted by molar-refractivity contribution is 5.96. The summed E-state index contributed by atoms with van der Waals surface area (Å²) in [6, 6.07) is -1.56. The number of likely N-dealkylation sites (N-methyl/N-ethyl adjacent to an activating group) is 1. The first-order valence-corrected chi connectivity index (χ1v) is 6.67. The molecule has 120 valence electrons. The van der Waals surface area contributed by atoms with Crippen LogP contribution >= 0.6 is 0 Å². The Balaban J connectivity index is 4.30. The van der Waals surface area contributed by atoms with Gasteiger partial charge in [-0.1, -0.05) is 13.8 Å². The van der Waals surface area contributed by atoms with Gasteiger partial charge in [-0.15, -0.1) is 0 Å². The fourth-order valence-electron chi connectivity index (χ4n) is 1.70.